The summed E-state index contributed by atoms with van der Waals surface area (Å²) in [5, 5.41) is 4.98. The Morgan fingerprint density at radius 1 is 1.36 bits per heavy atom. The molecule has 1 aliphatic rings. The van der Waals surface area contributed by atoms with Gasteiger partial charge in [-0.1, -0.05) is 12.1 Å². The minimum atomic E-state index is -0.490. The van der Waals surface area contributed by atoms with E-state index in [0.717, 1.165) is 4.90 Å². The zero-order valence-corrected chi connectivity index (χ0v) is 14.2. The average Bonchev–Trinajstić information content (AvgIpc) is 3.15. The van der Waals surface area contributed by atoms with Crippen molar-refractivity contribution in [2.75, 3.05) is 20.1 Å². The highest BCUT2D eigenvalue weighted by molar-refractivity contribution is 7.09. The zero-order valence-electron chi connectivity index (χ0n) is 13.4. The number of carbonyl (C=O) groups is 3. The monoisotopic (exact) mass is 362 g/mol. The summed E-state index contributed by atoms with van der Waals surface area (Å²) in [6.07, 6.45) is 0. The van der Waals surface area contributed by atoms with E-state index >= 15 is 0 Å². The van der Waals surface area contributed by atoms with E-state index in [1.807, 2.05) is 0 Å². The Labute approximate surface area is 147 Å². The fraction of sp³-hybridized carbons (Fsp3) is 0.250. The first-order valence-corrected chi connectivity index (χ1v) is 8.35. The number of amides is 4. The van der Waals surface area contributed by atoms with Gasteiger partial charge < -0.3 is 10.2 Å². The van der Waals surface area contributed by atoms with Crippen molar-refractivity contribution < 1.29 is 18.8 Å². The molecule has 0 atom stereocenters. The third kappa shape index (κ3) is 3.66. The molecule has 2 heterocycles. The van der Waals surface area contributed by atoms with Gasteiger partial charge in [0.25, 0.3) is 0 Å². The predicted molar refractivity (Wildman–Crippen MR) is 89.1 cm³/mol. The van der Waals surface area contributed by atoms with Crippen LogP contribution in [0.1, 0.15) is 5.01 Å². The number of nitrogens with one attached hydrogen (secondary N) is 1. The molecule has 25 heavy (non-hydrogen) atoms. The number of hydrogen-bond acceptors (Lipinski definition) is 5. The second-order valence-electron chi connectivity index (χ2n) is 5.47. The molecule has 1 fully saturated rings. The van der Waals surface area contributed by atoms with E-state index in [9.17, 15) is 18.8 Å². The normalized spacial score (nSPS) is 14.3. The molecule has 0 radical (unpaired) electrons. The van der Waals surface area contributed by atoms with Crippen molar-refractivity contribution in [3.63, 3.8) is 0 Å². The van der Waals surface area contributed by atoms with Crippen LogP contribution < -0.4 is 5.32 Å². The number of carbonyl (C=O) groups excluding carboxylic acids is 3. The van der Waals surface area contributed by atoms with Gasteiger partial charge >= 0.3 is 6.03 Å². The first kappa shape index (κ1) is 17.0. The summed E-state index contributed by atoms with van der Waals surface area (Å²) in [5.41, 5.74) is 0.912. The molecular formula is C16H15FN4O3S. The lowest BCUT2D eigenvalue weighted by molar-refractivity contribution is -0.124. The third-order valence-electron chi connectivity index (χ3n) is 3.73. The number of hydrogen-bond donors (Lipinski definition) is 1. The van der Waals surface area contributed by atoms with Gasteiger partial charge in [0.15, 0.2) is 0 Å². The van der Waals surface area contributed by atoms with Crippen LogP contribution in [0.2, 0.25) is 0 Å². The zero-order chi connectivity index (χ0) is 18.0. The lowest BCUT2D eigenvalue weighted by Gasteiger charge is -2.13. The molecule has 0 spiro atoms. The van der Waals surface area contributed by atoms with Crippen molar-refractivity contribution in [3.05, 3.63) is 40.5 Å². The number of thiazole rings is 1. The van der Waals surface area contributed by atoms with Gasteiger partial charge in [-0.2, -0.15) is 0 Å². The van der Waals surface area contributed by atoms with Crippen molar-refractivity contribution in [3.8, 4) is 11.3 Å². The molecule has 1 N–H and O–H groups in total. The molecule has 1 aromatic carbocycles. The quantitative estimate of drug-likeness (QED) is 0.817. The maximum Gasteiger partial charge on any atom is 0.327 e. The molecular weight excluding hydrogens is 347 g/mol. The largest absolute Gasteiger partial charge is 0.348 e. The summed E-state index contributed by atoms with van der Waals surface area (Å²) >= 11 is 1.30. The molecule has 1 aromatic heterocycles. The average molecular weight is 362 g/mol. The van der Waals surface area contributed by atoms with Gasteiger partial charge in [-0.15, -0.1) is 11.3 Å². The molecule has 0 unspecified atom stereocenters. The van der Waals surface area contributed by atoms with Gasteiger partial charge in [0.2, 0.25) is 11.8 Å². The van der Waals surface area contributed by atoms with Crippen LogP contribution in [0, 0.1) is 5.82 Å². The SMILES string of the molecule is CN1C(=O)CN(CC(=O)NCc2nc(-c3ccccc3F)cs2)C1=O. The maximum atomic E-state index is 13.8. The van der Waals surface area contributed by atoms with Crippen LogP contribution in [-0.2, 0) is 16.1 Å². The minimum absolute atomic E-state index is 0.0998. The van der Waals surface area contributed by atoms with Gasteiger partial charge in [-0.25, -0.2) is 14.2 Å². The van der Waals surface area contributed by atoms with E-state index in [0.29, 0.717) is 16.3 Å². The number of rotatable bonds is 5. The highest BCUT2D eigenvalue weighted by Crippen LogP contribution is 2.24. The van der Waals surface area contributed by atoms with E-state index in [1.165, 1.54) is 29.4 Å². The van der Waals surface area contributed by atoms with E-state index < -0.39 is 6.03 Å². The third-order valence-corrected chi connectivity index (χ3v) is 4.58. The first-order chi connectivity index (χ1) is 12.0. The summed E-state index contributed by atoms with van der Waals surface area (Å²) in [6.45, 7) is -0.123. The number of nitrogens with zero attached hydrogens (tertiary/aromatic N) is 3. The summed E-state index contributed by atoms with van der Waals surface area (Å²) in [7, 11) is 1.38. The summed E-state index contributed by atoms with van der Waals surface area (Å²) < 4.78 is 13.8. The molecule has 1 aliphatic heterocycles. The van der Waals surface area contributed by atoms with Crippen molar-refractivity contribution in [2.45, 2.75) is 6.54 Å². The molecule has 4 amide bonds. The van der Waals surface area contributed by atoms with Gasteiger partial charge in [-0.05, 0) is 12.1 Å². The van der Waals surface area contributed by atoms with E-state index in [4.69, 9.17) is 0 Å². The summed E-state index contributed by atoms with van der Waals surface area (Å²) in [4.78, 5) is 41.5. The van der Waals surface area contributed by atoms with Crippen LogP contribution in [-0.4, -0.2) is 52.8 Å². The number of likely N-dealkylation sites (N-methyl/N-ethyl adjacent to an activating group) is 1. The highest BCUT2D eigenvalue weighted by Gasteiger charge is 2.33. The lowest BCUT2D eigenvalue weighted by atomic mass is 10.2. The number of aromatic nitrogens is 1. The van der Waals surface area contributed by atoms with Crippen molar-refractivity contribution >= 4 is 29.2 Å². The molecule has 0 saturated carbocycles. The predicted octanol–water partition coefficient (Wildman–Crippen LogP) is 1.46. The topological polar surface area (TPSA) is 82.6 Å². The number of halogens is 1. The Hall–Kier alpha value is -2.81. The molecule has 2 aromatic rings. The Bertz CT molecular complexity index is 838. The Balaban J connectivity index is 1.56. The Morgan fingerprint density at radius 2 is 2.12 bits per heavy atom. The summed E-state index contributed by atoms with van der Waals surface area (Å²) in [6, 6.07) is 5.84. The first-order valence-electron chi connectivity index (χ1n) is 7.47. The number of imide groups is 1. The molecule has 0 aliphatic carbocycles. The second kappa shape index (κ2) is 6.98. The standard InChI is InChI=1S/C16H15FN4O3S/c1-20-15(23)8-21(16(20)24)7-13(22)18-6-14-19-12(9-25-14)10-4-2-3-5-11(10)17/h2-5,9H,6-8H2,1H3,(H,18,22). The maximum absolute atomic E-state index is 13.8. The van der Waals surface area contributed by atoms with Gasteiger partial charge in [0.05, 0.1) is 12.2 Å². The van der Waals surface area contributed by atoms with Crippen molar-refractivity contribution in [1.29, 1.82) is 0 Å². The minimum Gasteiger partial charge on any atom is -0.348 e. The van der Waals surface area contributed by atoms with E-state index in [2.05, 4.69) is 10.3 Å². The van der Waals surface area contributed by atoms with Crippen LogP contribution in [0.25, 0.3) is 11.3 Å². The van der Waals surface area contributed by atoms with E-state index in [-0.39, 0.29) is 37.3 Å². The van der Waals surface area contributed by atoms with Crippen LogP contribution in [0.3, 0.4) is 0 Å². The van der Waals surface area contributed by atoms with Crippen LogP contribution >= 0.6 is 11.3 Å². The lowest BCUT2D eigenvalue weighted by Crippen LogP contribution is -2.39. The van der Waals surface area contributed by atoms with E-state index in [1.54, 1.807) is 23.6 Å². The van der Waals surface area contributed by atoms with Crippen molar-refractivity contribution in [2.24, 2.45) is 0 Å². The van der Waals surface area contributed by atoms with Crippen LogP contribution in [0.4, 0.5) is 9.18 Å². The molecule has 7 nitrogen and oxygen atoms in total. The molecule has 130 valence electrons. The molecule has 1 saturated heterocycles. The second-order valence-corrected chi connectivity index (χ2v) is 6.42. The fourth-order valence-corrected chi connectivity index (χ4v) is 3.10. The smallest absolute Gasteiger partial charge is 0.327 e. The highest BCUT2D eigenvalue weighted by atomic mass is 32.1. The molecule has 9 heteroatoms. The van der Waals surface area contributed by atoms with Crippen LogP contribution in [0.5, 0.6) is 0 Å². The van der Waals surface area contributed by atoms with Gasteiger partial charge in [0, 0.05) is 18.0 Å². The van der Waals surface area contributed by atoms with Gasteiger partial charge in [0.1, 0.15) is 23.9 Å². The molecule has 3 rings (SSSR count). The van der Waals surface area contributed by atoms with Crippen molar-refractivity contribution in [1.82, 2.24) is 20.1 Å². The fourth-order valence-electron chi connectivity index (χ4n) is 2.37. The Kier molecular flexibility index (Phi) is 4.75. The summed E-state index contributed by atoms with van der Waals surface area (Å²) in [5.74, 6) is -1.09. The molecule has 0 bridgehead atoms. The number of benzene rings is 1. The van der Waals surface area contributed by atoms with Crippen LogP contribution in [0.15, 0.2) is 29.6 Å². The van der Waals surface area contributed by atoms with Gasteiger partial charge in [-0.3, -0.25) is 14.5 Å². The number of urea groups is 1. The Morgan fingerprint density at radius 3 is 2.80 bits per heavy atom.